The number of carbonyl (C=O) groups is 1. The standard InChI is InChI=1S/C11H10N4O3/c16-10-9(12-4-6-14(10)7-1-2-7)15-5-3-8(13-15)11(17)18/h3-7H,1-2H2,(H,17,18). The lowest BCUT2D eigenvalue weighted by atomic mass is 10.5. The van der Waals surface area contributed by atoms with E-state index in [0.29, 0.717) is 0 Å². The molecule has 7 nitrogen and oxygen atoms in total. The van der Waals surface area contributed by atoms with Gasteiger partial charge in [0.2, 0.25) is 5.82 Å². The highest BCUT2D eigenvalue weighted by Crippen LogP contribution is 2.33. The van der Waals surface area contributed by atoms with Gasteiger partial charge in [0.15, 0.2) is 5.69 Å². The molecule has 18 heavy (non-hydrogen) atoms. The summed E-state index contributed by atoms with van der Waals surface area (Å²) in [6, 6.07) is 1.58. The largest absolute Gasteiger partial charge is 0.476 e. The van der Waals surface area contributed by atoms with Crippen LogP contribution in [-0.4, -0.2) is 30.4 Å². The quantitative estimate of drug-likeness (QED) is 0.849. The Bertz CT molecular complexity index is 669. The number of rotatable bonds is 3. The first-order valence-electron chi connectivity index (χ1n) is 5.53. The van der Waals surface area contributed by atoms with Gasteiger partial charge in [-0.3, -0.25) is 4.79 Å². The predicted octanol–water partition coefficient (Wildman–Crippen LogP) is 0.462. The van der Waals surface area contributed by atoms with Crippen molar-refractivity contribution in [1.29, 1.82) is 0 Å². The molecule has 0 unspecified atom stereocenters. The van der Waals surface area contributed by atoms with Gasteiger partial charge in [-0.15, -0.1) is 0 Å². The molecule has 0 aromatic carbocycles. The van der Waals surface area contributed by atoms with Crippen LogP contribution in [0.15, 0.2) is 29.5 Å². The van der Waals surface area contributed by atoms with Gasteiger partial charge in [0.1, 0.15) is 0 Å². The van der Waals surface area contributed by atoms with Crippen molar-refractivity contribution in [2.24, 2.45) is 0 Å². The zero-order valence-corrected chi connectivity index (χ0v) is 9.35. The lowest BCUT2D eigenvalue weighted by molar-refractivity contribution is 0.0690. The Hall–Kier alpha value is -2.44. The molecule has 0 amide bonds. The fraction of sp³-hybridized carbons (Fsp3) is 0.273. The minimum Gasteiger partial charge on any atom is -0.476 e. The molecule has 2 heterocycles. The van der Waals surface area contributed by atoms with Gasteiger partial charge in [-0.1, -0.05) is 0 Å². The molecule has 7 heteroatoms. The van der Waals surface area contributed by atoms with E-state index in [-0.39, 0.29) is 23.1 Å². The molecule has 0 saturated heterocycles. The van der Waals surface area contributed by atoms with Crippen molar-refractivity contribution in [3.63, 3.8) is 0 Å². The van der Waals surface area contributed by atoms with Crippen LogP contribution in [0.2, 0.25) is 0 Å². The molecule has 2 aromatic heterocycles. The highest BCUT2D eigenvalue weighted by molar-refractivity contribution is 5.85. The first-order chi connectivity index (χ1) is 8.66. The number of carboxylic acid groups (broad SMARTS) is 1. The van der Waals surface area contributed by atoms with Crippen molar-refractivity contribution in [2.45, 2.75) is 18.9 Å². The smallest absolute Gasteiger partial charge is 0.356 e. The SMILES string of the molecule is O=C(O)c1ccn(-c2nccn(C3CC3)c2=O)n1. The van der Waals surface area contributed by atoms with Crippen molar-refractivity contribution < 1.29 is 9.90 Å². The number of hydrogen-bond acceptors (Lipinski definition) is 4. The lowest BCUT2D eigenvalue weighted by Crippen LogP contribution is -2.25. The molecular formula is C11H10N4O3. The Labute approximate surface area is 101 Å². The molecule has 0 bridgehead atoms. The van der Waals surface area contributed by atoms with E-state index >= 15 is 0 Å². The molecule has 0 aliphatic heterocycles. The molecule has 1 aliphatic rings. The van der Waals surface area contributed by atoms with Crippen molar-refractivity contribution >= 4 is 5.97 Å². The van der Waals surface area contributed by atoms with E-state index in [4.69, 9.17) is 5.11 Å². The number of carboxylic acids is 1. The van der Waals surface area contributed by atoms with Gasteiger partial charge in [0, 0.05) is 24.6 Å². The Kier molecular flexibility index (Phi) is 2.26. The summed E-state index contributed by atoms with van der Waals surface area (Å²) < 4.78 is 2.81. The average Bonchev–Trinajstić information content (AvgIpc) is 3.06. The third-order valence-electron chi connectivity index (χ3n) is 2.82. The first-order valence-corrected chi connectivity index (χ1v) is 5.53. The molecule has 2 aromatic rings. The molecule has 92 valence electrons. The fourth-order valence-electron chi connectivity index (χ4n) is 1.77. The maximum atomic E-state index is 12.1. The number of hydrogen-bond donors (Lipinski definition) is 1. The van der Waals surface area contributed by atoms with Crippen LogP contribution >= 0.6 is 0 Å². The summed E-state index contributed by atoms with van der Waals surface area (Å²) in [6.07, 6.45) is 6.57. The number of nitrogens with zero attached hydrogens (tertiary/aromatic N) is 4. The average molecular weight is 246 g/mol. The van der Waals surface area contributed by atoms with Crippen molar-refractivity contribution in [3.05, 3.63) is 40.7 Å². The van der Waals surface area contributed by atoms with Crippen LogP contribution in [0.5, 0.6) is 0 Å². The van der Waals surface area contributed by atoms with E-state index in [9.17, 15) is 9.59 Å². The summed E-state index contributed by atoms with van der Waals surface area (Å²) in [7, 11) is 0. The van der Waals surface area contributed by atoms with Crippen molar-refractivity contribution in [3.8, 4) is 5.82 Å². The zero-order chi connectivity index (χ0) is 12.7. The summed E-state index contributed by atoms with van der Waals surface area (Å²) in [6.45, 7) is 0. The highest BCUT2D eigenvalue weighted by Gasteiger charge is 2.25. The maximum Gasteiger partial charge on any atom is 0.356 e. The van der Waals surface area contributed by atoms with Gasteiger partial charge in [-0.2, -0.15) is 5.10 Å². The molecule has 1 fully saturated rings. The van der Waals surface area contributed by atoms with E-state index < -0.39 is 5.97 Å². The van der Waals surface area contributed by atoms with Gasteiger partial charge in [-0.05, 0) is 18.9 Å². The van der Waals surface area contributed by atoms with Gasteiger partial charge < -0.3 is 9.67 Å². The van der Waals surface area contributed by atoms with Crippen LogP contribution in [-0.2, 0) is 0 Å². The zero-order valence-electron chi connectivity index (χ0n) is 9.35. The molecule has 1 aliphatic carbocycles. The fourth-order valence-corrected chi connectivity index (χ4v) is 1.77. The van der Waals surface area contributed by atoms with Crippen molar-refractivity contribution in [2.75, 3.05) is 0 Å². The maximum absolute atomic E-state index is 12.1. The van der Waals surface area contributed by atoms with E-state index in [0.717, 1.165) is 12.8 Å². The summed E-state index contributed by atoms with van der Waals surface area (Å²) in [4.78, 5) is 26.8. The second-order valence-electron chi connectivity index (χ2n) is 4.15. The molecule has 0 spiro atoms. The molecule has 1 saturated carbocycles. The molecule has 0 radical (unpaired) electrons. The second kappa shape index (κ2) is 3.80. The number of aromatic nitrogens is 4. The van der Waals surface area contributed by atoms with E-state index in [1.165, 1.54) is 23.1 Å². The topological polar surface area (TPSA) is 90.0 Å². The first kappa shape index (κ1) is 10.7. The van der Waals surface area contributed by atoms with Gasteiger partial charge in [0.25, 0.3) is 5.56 Å². The Morgan fingerprint density at radius 1 is 1.39 bits per heavy atom. The Morgan fingerprint density at radius 3 is 2.78 bits per heavy atom. The predicted molar refractivity (Wildman–Crippen MR) is 60.8 cm³/mol. The van der Waals surface area contributed by atoms with E-state index in [2.05, 4.69) is 10.1 Å². The van der Waals surface area contributed by atoms with Crippen LogP contribution < -0.4 is 5.56 Å². The third kappa shape index (κ3) is 1.69. The van der Waals surface area contributed by atoms with E-state index in [1.54, 1.807) is 10.8 Å². The monoisotopic (exact) mass is 246 g/mol. The minimum absolute atomic E-state index is 0.113. The number of aromatic carboxylic acids is 1. The van der Waals surface area contributed by atoms with E-state index in [1.807, 2.05) is 0 Å². The molecule has 1 N–H and O–H groups in total. The minimum atomic E-state index is -1.13. The summed E-state index contributed by atoms with van der Waals surface area (Å²) in [5.74, 6) is -1.01. The van der Waals surface area contributed by atoms with Crippen LogP contribution in [0.4, 0.5) is 0 Å². The molecule has 3 rings (SSSR count). The Balaban J connectivity index is 2.08. The second-order valence-corrected chi connectivity index (χ2v) is 4.15. The van der Waals surface area contributed by atoms with Crippen LogP contribution in [0.25, 0.3) is 5.82 Å². The summed E-state index contributed by atoms with van der Waals surface area (Å²) >= 11 is 0. The van der Waals surface area contributed by atoms with Gasteiger partial charge in [-0.25, -0.2) is 14.5 Å². The van der Waals surface area contributed by atoms with Crippen molar-refractivity contribution in [1.82, 2.24) is 19.3 Å². The van der Waals surface area contributed by atoms with Gasteiger partial charge >= 0.3 is 5.97 Å². The highest BCUT2D eigenvalue weighted by atomic mass is 16.4. The van der Waals surface area contributed by atoms with Gasteiger partial charge in [0.05, 0.1) is 0 Å². The van der Waals surface area contributed by atoms with Crippen LogP contribution in [0.3, 0.4) is 0 Å². The normalized spacial score (nSPS) is 14.7. The van der Waals surface area contributed by atoms with Crippen LogP contribution in [0, 0.1) is 0 Å². The summed E-state index contributed by atoms with van der Waals surface area (Å²) in [5.41, 5.74) is -0.363. The molecular weight excluding hydrogens is 236 g/mol. The lowest BCUT2D eigenvalue weighted by Gasteiger charge is -2.05. The molecule has 0 atom stereocenters. The third-order valence-corrected chi connectivity index (χ3v) is 2.82. The van der Waals surface area contributed by atoms with Crippen LogP contribution in [0.1, 0.15) is 29.4 Å². The Morgan fingerprint density at radius 2 is 2.17 bits per heavy atom. The summed E-state index contributed by atoms with van der Waals surface area (Å²) in [5, 5.41) is 12.6.